The normalized spacial score (nSPS) is 11.3. The molecule has 0 unspecified atom stereocenters. The Kier molecular flexibility index (Phi) is 3.30. The van der Waals surface area contributed by atoms with E-state index in [4.69, 9.17) is 10.5 Å². The Balaban J connectivity index is 2.28. The van der Waals surface area contributed by atoms with Crippen LogP contribution in [0.4, 0.5) is 0 Å². The molecule has 0 spiro atoms. The highest BCUT2D eigenvalue weighted by Gasteiger charge is 2.17. The first-order chi connectivity index (χ1) is 8.50. The summed E-state index contributed by atoms with van der Waals surface area (Å²) in [6.45, 7) is 3.77. The maximum absolute atomic E-state index is 5.94. The van der Waals surface area contributed by atoms with Gasteiger partial charge in [0.15, 0.2) is 0 Å². The second kappa shape index (κ2) is 4.74. The van der Waals surface area contributed by atoms with Gasteiger partial charge in [0.1, 0.15) is 11.6 Å². The van der Waals surface area contributed by atoms with Crippen LogP contribution in [0, 0.1) is 0 Å². The maximum atomic E-state index is 5.94. The van der Waals surface area contributed by atoms with E-state index in [0.29, 0.717) is 5.82 Å². The molecule has 0 fully saturated rings. The Morgan fingerprint density at radius 1 is 1.00 bits per heavy atom. The third kappa shape index (κ3) is 2.65. The maximum Gasteiger partial charge on any atom is 0.147 e. The Bertz CT molecular complexity index is 512. The standard InChI is InChI=1S/C14H17N3O/c1-14(2,15)13-16-8-11(9-17-13)10-4-6-12(18-3)7-5-10/h4-9H,15H2,1-3H3. The molecule has 2 aromatic rings. The molecule has 0 saturated heterocycles. The van der Waals surface area contributed by atoms with Crippen molar-refractivity contribution in [3.05, 3.63) is 42.5 Å². The van der Waals surface area contributed by atoms with Gasteiger partial charge >= 0.3 is 0 Å². The predicted octanol–water partition coefficient (Wildman–Crippen LogP) is 2.35. The largest absolute Gasteiger partial charge is 0.497 e. The summed E-state index contributed by atoms with van der Waals surface area (Å²) in [5.41, 5.74) is 7.44. The van der Waals surface area contributed by atoms with Crippen molar-refractivity contribution >= 4 is 0 Å². The zero-order valence-electron chi connectivity index (χ0n) is 10.8. The van der Waals surface area contributed by atoms with Gasteiger partial charge in [0.05, 0.1) is 12.6 Å². The van der Waals surface area contributed by atoms with Crippen LogP contribution in [0.3, 0.4) is 0 Å². The fraction of sp³-hybridized carbons (Fsp3) is 0.286. The number of nitrogens with zero attached hydrogens (tertiary/aromatic N) is 2. The summed E-state index contributed by atoms with van der Waals surface area (Å²) in [7, 11) is 1.65. The molecule has 1 aromatic heterocycles. The van der Waals surface area contributed by atoms with E-state index < -0.39 is 5.54 Å². The lowest BCUT2D eigenvalue weighted by atomic mass is 10.1. The fourth-order valence-electron chi connectivity index (χ4n) is 1.59. The summed E-state index contributed by atoms with van der Waals surface area (Å²) in [6, 6.07) is 7.78. The van der Waals surface area contributed by atoms with E-state index in [1.54, 1.807) is 19.5 Å². The molecule has 2 N–H and O–H groups in total. The summed E-state index contributed by atoms with van der Waals surface area (Å²) >= 11 is 0. The molecule has 0 saturated carbocycles. The molecular weight excluding hydrogens is 226 g/mol. The Morgan fingerprint density at radius 2 is 1.56 bits per heavy atom. The molecule has 4 nitrogen and oxygen atoms in total. The Hall–Kier alpha value is -1.94. The summed E-state index contributed by atoms with van der Waals surface area (Å²) in [6.07, 6.45) is 3.58. The van der Waals surface area contributed by atoms with E-state index in [2.05, 4.69) is 9.97 Å². The van der Waals surface area contributed by atoms with Crippen LogP contribution in [0.1, 0.15) is 19.7 Å². The van der Waals surface area contributed by atoms with Crippen molar-refractivity contribution in [1.82, 2.24) is 9.97 Å². The number of aromatic nitrogens is 2. The molecule has 1 heterocycles. The molecule has 94 valence electrons. The van der Waals surface area contributed by atoms with Crippen LogP contribution in [0.5, 0.6) is 5.75 Å². The summed E-state index contributed by atoms with van der Waals surface area (Å²) in [5, 5.41) is 0. The van der Waals surface area contributed by atoms with Crippen LogP contribution in [0.2, 0.25) is 0 Å². The molecular formula is C14H17N3O. The molecule has 0 aliphatic heterocycles. The topological polar surface area (TPSA) is 61.0 Å². The van der Waals surface area contributed by atoms with Crippen molar-refractivity contribution in [2.75, 3.05) is 7.11 Å². The van der Waals surface area contributed by atoms with Gasteiger partial charge in [0, 0.05) is 18.0 Å². The number of nitrogens with two attached hydrogens (primary N) is 1. The van der Waals surface area contributed by atoms with Crippen molar-refractivity contribution < 1.29 is 4.74 Å². The Morgan fingerprint density at radius 3 is 2.00 bits per heavy atom. The van der Waals surface area contributed by atoms with Crippen molar-refractivity contribution in [3.63, 3.8) is 0 Å². The summed E-state index contributed by atoms with van der Waals surface area (Å²) in [4.78, 5) is 8.60. The molecule has 4 heteroatoms. The molecule has 18 heavy (non-hydrogen) atoms. The molecule has 2 rings (SSSR count). The minimum atomic E-state index is -0.515. The third-order valence-electron chi connectivity index (χ3n) is 2.65. The minimum Gasteiger partial charge on any atom is -0.497 e. The lowest BCUT2D eigenvalue weighted by Crippen LogP contribution is -2.31. The molecule has 0 amide bonds. The lowest BCUT2D eigenvalue weighted by Gasteiger charge is -2.16. The minimum absolute atomic E-state index is 0.515. The van der Waals surface area contributed by atoms with Crippen LogP contribution in [-0.4, -0.2) is 17.1 Å². The van der Waals surface area contributed by atoms with E-state index >= 15 is 0 Å². The van der Waals surface area contributed by atoms with E-state index in [1.165, 1.54) is 0 Å². The van der Waals surface area contributed by atoms with Gasteiger partial charge in [-0.2, -0.15) is 0 Å². The van der Waals surface area contributed by atoms with Crippen LogP contribution < -0.4 is 10.5 Å². The number of ether oxygens (including phenoxy) is 1. The highest BCUT2D eigenvalue weighted by molar-refractivity contribution is 5.62. The molecule has 0 atom stereocenters. The molecule has 0 radical (unpaired) electrons. The lowest BCUT2D eigenvalue weighted by molar-refractivity contribution is 0.415. The molecule has 0 bridgehead atoms. The number of methoxy groups -OCH3 is 1. The highest BCUT2D eigenvalue weighted by Crippen LogP contribution is 2.22. The van der Waals surface area contributed by atoms with Gasteiger partial charge in [0.2, 0.25) is 0 Å². The van der Waals surface area contributed by atoms with Gasteiger partial charge in [-0.05, 0) is 31.5 Å². The van der Waals surface area contributed by atoms with Gasteiger partial charge < -0.3 is 10.5 Å². The number of hydrogen-bond donors (Lipinski definition) is 1. The second-order valence-electron chi connectivity index (χ2n) is 4.75. The Labute approximate surface area is 107 Å². The smallest absolute Gasteiger partial charge is 0.147 e. The first kappa shape index (κ1) is 12.5. The zero-order chi connectivity index (χ0) is 13.2. The van der Waals surface area contributed by atoms with Crippen LogP contribution in [0.15, 0.2) is 36.7 Å². The quantitative estimate of drug-likeness (QED) is 0.898. The number of benzene rings is 1. The average molecular weight is 243 g/mol. The van der Waals surface area contributed by atoms with Gasteiger partial charge in [-0.1, -0.05) is 12.1 Å². The average Bonchev–Trinajstić information content (AvgIpc) is 2.38. The zero-order valence-corrected chi connectivity index (χ0v) is 10.8. The first-order valence-electron chi connectivity index (χ1n) is 5.76. The third-order valence-corrected chi connectivity index (χ3v) is 2.65. The van der Waals surface area contributed by atoms with Crippen LogP contribution in [0.25, 0.3) is 11.1 Å². The monoisotopic (exact) mass is 243 g/mol. The summed E-state index contributed by atoms with van der Waals surface area (Å²) in [5.74, 6) is 1.47. The fourth-order valence-corrected chi connectivity index (χ4v) is 1.59. The summed E-state index contributed by atoms with van der Waals surface area (Å²) < 4.78 is 5.12. The number of rotatable bonds is 3. The molecule has 0 aliphatic carbocycles. The van der Waals surface area contributed by atoms with E-state index in [-0.39, 0.29) is 0 Å². The van der Waals surface area contributed by atoms with Gasteiger partial charge in [-0.3, -0.25) is 0 Å². The predicted molar refractivity (Wildman–Crippen MR) is 71.2 cm³/mol. The van der Waals surface area contributed by atoms with Crippen molar-refractivity contribution in [2.24, 2.45) is 5.73 Å². The van der Waals surface area contributed by atoms with Gasteiger partial charge in [0.25, 0.3) is 0 Å². The highest BCUT2D eigenvalue weighted by atomic mass is 16.5. The van der Waals surface area contributed by atoms with E-state index in [0.717, 1.165) is 16.9 Å². The van der Waals surface area contributed by atoms with Crippen LogP contribution >= 0.6 is 0 Å². The van der Waals surface area contributed by atoms with E-state index in [9.17, 15) is 0 Å². The molecule has 1 aromatic carbocycles. The van der Waals surface area contributed by atoms with Crippen molar-refractivity contribution in [3.8, 4) is 16.9 Å². The molecule has 0 aliphatic rings. The van der Waals surface area contributed by atoms with Crippen molar-refractivity contribution in [2.45, 2.75) is 19.4 Å². The SMILES string of the molecule is COc1ccc(-c2cnc(C(C)(C)N)nc2)cc1. The first-order valence-corrected chi connectivity index (χ1v) is 5.76. The van der Waals surface area contributed by atoms with Gasteiger partial charge in [-0.25, -0.2) is 9.97 Å². The van der Waals surface area contributed by atoms with Gasteiger partial charge in [-0.15, -0.1) is 0 Å². The van der Waals surface area contributed by atoms with E-state index in [1.807, 2.05) is 38.1 Å². The second-order valence-corrected chi connectivity index (χ2v) is 4.75. The number of hydrogen-bond acceptors (Lipinski definition) is 4. The van der Waals surface area contributed by atoms with Crippen LogP contribution in [-0.2, 0) is 5.54 Å². The van der Waals surface area contributed by atoms with Crippen molar-refractivity contribution in [1.29, 1.82) is 0 Å².